The second kappa shape index (κ2) is 2.62. The molecule has 1 rings (SSSR count). The zero-order valence-electron chi connectivity index (χ0n) is 6.09. The predicted molar refractivity (Wildman–Crippen MR) is 33.6 cm³/mol. The van der Waals surface area contributed by atoms with Crippen LogP contribution in [0.5, 0.6) is 0 Å². The molecule has 0 saturated carbocycles. The number of carbonyl (C=O) groups excluding carboxylic acids is 1. The minimum Gasteiger partial charge on any atom is -0.321 e. The molecule has 0 spiro atoms. The van der Waals surface area contributed by atoms with E-state index in [4.69, 9.17) is 0 Å². The Bertz CT molecular complexity index is 302. The number of carbonyl (C=O) groups is 1. The van der Waals surface area contributed by atoms with Crippen LogP contribution in [-0.2, 0) is 13.2 Å². The van der Waals surface area contributed by atoms with E-state index in [1.165, 1.54) is 0 Å². The number of hydrogen-bond acceptors (Lipinski definition) is 2. The fraction of sp³-hybridized carbons (Fsp3) is 0.333. The Morgan fingerprint density at radius 2 is 2.17 bits per heavy atom. The molecule has 0 atom stereocenters. The SMILES string of the molecule is Cn1c(C(F)(F)F)cnc1C=O. The Balaban J connectivity index is 3.19. The van der Waals surface area contributed by atoms with Crippen LogP contribution >= 0.6 is 0 Å². The summed E-state index contributed by atoms with van der Waals surface area (Å²) in [4.78, 5) is 13.4. The first-order valence-electron chi connectivity index (χ1n) is 3.01. The molecule has 0 aromatic carbocycles. The molecule has 0 aliphatic rings. The maximum absolute atomic E-state index is 12.0. The number of hydrogen-bond donors (Lipinski definition) is 0. The van der Waals surface area contributed by atoms with Gasteiger partial charge in [0.05, 0.1) is 6.20 Å². The van der Waals surface area contributed by atoms with Crippen LogP contribution < -0.4 is 0 Å². The Labute approximate surface area is 65.8 Å². The smallest absolute Gasteiger partial charge is 0.321 e. The topological polar surface area (TPSA) is 34.9 Å². The first-order valence-corrected chi connectivity index (χ1v) is 3.01. The number of aldehydes is 1. The van der Waals surface area contributed by atoms with Crippen LogP contribution in [0.4, 0.5) is 13.2 Å². The Morgan fingerprint density at radius 1 is 1.58 bits per heavy atom. The molecule has 3 nitrogen and oxygen atoms in total. The third kappa shape index (κ3) is 1.32. The van der Waals surface area contributed by atoms with Crippen LogP contribution in [0.3, 0.4) is 0 Å². The zero-order chi connectivity index (χ0) is 9.35. The Morgan fingerprint density at radius 3 is 2.42 bits per heavy atom. The molecule has 1 aromatic rings. The van der Waals surface area contributed by atoms with Crippen LogP contribution in [0.2, 0.25) is 0 Å². The maximum Gasteiger partial charge on any atom is 0.433 e. The summed E-state index contributed by atoms with van der Waals surface area (Å²) < 4.78 is 36.8. The normalized spacial score (nSPS) is 11.7. The number of rotatable bonds is 1. The highest BCUT2D eigenvalue weighted by molar-refractivity contribution is 5.69. The summed E-state index contributed by atoms with van der Waals surface area (Å²) in [5.74, 6) is -0.234. The van der Waals surface area contributed by atoms with Gasteiger partial charge in [-0.2, -0.15) is 13.2 Å². The number of halogens is 3. The van der Waals surface area contributed by atoms with Crippen LogP contribution in [0, 0.1) is 0 Å². The molecule has 0 aliphatic carbocycles. The highest BCUT2D eigenvalue weighted by Gasteiger charge is 2.34. The number of alkyl halides is 3. The summed E-state index contributed by atoms with van der Waals surface area (Å²) in [6.45, 7) is 0. The Kier molecular flexibility index (Phi) is 1.91. The average molecular weight is 178 g/mol. The van der Waals surface area contributed by atoms with Crippen molar-refractivity contribution in [3.63, 3.8) is 0 Å². The van der Waals surface area contributed by atoms with E-state index in [0.29, 0.717) is 10.8 Å². The molecule has 12 heavy (non-hydrogen) atoms. The van der Waals surface area contributed by atoms with Gasteiger partial charge >= 0.3 is 6.18 Å². The molecule has 66 valence electrons. The monoisotopic (exact) mass is 178 g/mol. The zero-order valence-corrected chi connectivity index (χ0v) is 6.09. The van der Waals surface area contributed by atoms with Gasteiger partial charge < -0.3 is 4.57 Å². The van der Waals surface area contributed by atoms with Gasteiger partial charge in [0.15, 0.2) is 12.1 Å². The van der Waals surface area contributed by atoms with Gasteiger partial charge in [-0.1, -0.05) is 0 Å². The second-order valence-electron chi connectivity index (χ2n) is 2.18. The second-order valence-corrected chi connectivity index (χ2v) is 2.18. The third-order valence-electron chi connectivity index (χ3n) is 1.42. The van der Waals surface area contributed by atoms with Crippen LogP contribution in [0.25, 0.3) is 0 Å². The summed E-state index contributed by atoms with van der Waals surface area (Å²) in [6, 6.07) is 0. The van der Waals surface area contributed by atoms with Crippen molar-refractivity contribution in [1.29, 1.82) is 0 Å². The van der Waals surface area contributed by atoms with Gasteiger partial charge in [0, 0.05) is 7.05 Å². The average Bonchev–Trinajstić information content (AvgIpc) is 2.29. The molecular weight excluding hydrogens is 173 g/mol. The molecule has 0 bridgehead atoms. The molecule has 1 heterocycles. The predicted octanol–water partition coefficient (Wildman–Crippen LogP) is 1.25. The summed E-state index contributed by atoms with van der Waals surface area (Å²) >= 11 is 0. The molecule has 0 unspecified atom stereocenters. The molecule has 0 fully saturated rings. The van der Waals surface area contributed by atoms with E-state index in [-0.39, 0.29) is 12.1 Å². The quantitative estimate of drug-likeness (QED) is 0.606. The van der Waals surface area contributed by atoms with Crippen LogP contribution in [-0.4, -0.2) is 15.8 Å². The molecular formula is C6H5F3N2O. The van der Waals surface area contributed by atoms with E-state index in [0.717, 1.165) is 7.05 Å². The van der Waals surface area contributed by atoms with E-state index in [1.54, 1.807) is 0 Å². The van der Waals surface area contributed by atoms with Gasteiger partial charge in [0.1, 0.15) is 5.69 Å². The number of aromatic nitrogens is 2. The molecule has 0 aliphatic heterocycles. The van der Waals surface area contributed by atoms with Crippen LogP contribution in [0.1, 0.15) is 16.3 Å². The molecule has 0 saturated heterocycles. The van der Waals surface area contributed by atoms with Crippen molar-refractivity contribution in [2.75, 3.05) is 0 Å². The van der Waals surface area contributed by atoms with E-state index < -0.39 is 11.9 Å². The van der Waals surface area contributed by atoms with E-state index in [1.807, 2.05) is 0 Å². The van der Waals surface area contributed by atoms with E-state index in [9.17, 15) is 18.0 Å². The van der Waals surface area contributed by atoms with Crippen molar-refractivity contribution in [3.05, 3.63) is 17.7 Å². The molecule has 1 aromatic heterocycles. The first kappa shape index (κ1) is 8.76. The minimum atomic E-state index is -4.46. The van der Waals surface area contributed by atoms with Gasteiger partial charge in [-0.25, -0.2) is 4.98 Å². The largest absolute Gasteiger partial charge is 0.433 e. The summed E-state index contributed by atoms with van der Waals surface area (Å²) in [6.07, 6.45) is -3.55. The first-order chi connectivity index (χ1) is 5.46. The van der Waals surface area contributed by atoms with Crippen LogP contribution in [0.15, 0.2) is 6.20 Å². The molecule has 6 heteroatoms. The lowest BCUT2D eigenvalue weighted by atomic mass is 10.4. The highest BCUT2D eigenvalue weighted by atomic mass is 19.4. The van der Waals surface area contributed by atoms with Gasteiger partial charge in [-0.05, 0) is 0 Å². The molecule has 0 N–H and O–H groups in total. The maximum atomic E-state index is 12.0. The van der Waals surface area contributed by atoms with Crippen molar-refractivity contribution in [2.24, 2.45) is 7.05 Å². The Hall–Kier alpha value is -1.33. The number of nitrogens with zero attached hydrogens (tertiary/aromatic N) is 2. The van der Waals surface area contributed by atoms with Crippen molar-refractivity contribution in [2.45, 2.75) is 6.18 Å². The van der Waals surface area contributed by atoms with Crippen molar-refractivity contribution in [1.82, 2.24) is 9.55 Å². The van der Waals surface area contributed by atoms with Gasteiger partial charge in [-0.15, -0.1) is 0 Å². The summed E-state index contributed by atoms with van der Waals surface area (Å²) in [7, 11) is 1.14. The lowest BCUT2D eigenvalue weighted by Crippen LogP contribution is -2.12. The minimum absolute atomic E-state index is 0.234. The fourth-order valence-electron chi connectivity index (χ4n) is 0.797. The highest BCUT2D eigenvalue weighted by Crippen LogP contribution is 2.28. The van der Waals surface area contributed by atoms with Gasteiger partial charge in [0.25, 0.3) is 0 Å². The molecule has 0 amide bonds. The third-order valence-corrected chi connectivity index (χ3v) is 1.42. The van der Waals surface area contributed by atoms with E-state index in [2.05, 4.69) is 4.98 Å². The van der Waals surface area contributed by atoms with Crippen molar-refractivity contribution >= 4 is 6.29 Å². The number of imidazole rings is 1. The summed E-state index contributed by atoms with van der Waals surface area (Å²) in [5.41, 5.74) is -0.926. The lowest BCUT2D eigenvalue weighted by Gasteiger charge is -2.05. The van der Waals surface area contributed by atoms with Crippen molar-refractivity contribution < 1.29 is 18.0 Å². The van der Waals surface area contributed by atoms with E-state index >= 15 is 0 Å². The molecule has 0 radical (unpaired) electrons. The van der Waals surface area contributed by atoms with Crippen molar-refractivity contribution in [3.8, 4) is 0 Å². The lowest BCUT2D eigenvalue weighted by molar-refractivity contribution is -0.143. The summed E-state index contributed by atoms with van der Waals surface area (Å²) in [5, 5.41) is 0. The standard InChI is InChI=1S/C6H5F3N2O/c1-11-4(6(7,8)9)2-10-5(11)3-12/h2-3H,1H3. The van der Waals surface area contributed by atoms with Gasteiger partial charge in [-0.3, -0.25) is 4.79 Å². The van der Waals surface area contributed by atoms with Gasteiger partial charge in [0.2, 0.25) is 0 Å². The fourth-order valence-corrected chi connectivity index (χ4v) is 0.797.